The van der Waals surface area contributed by atoms with Gasteiger partial charge in [0.25, 0.3) is 5.91 Å². The molecule has 228 valence electrons. The Labute approximate surface area is 245 Å². The van der Waals surface area contributed by atoms with Gasteiger partial charge in [0.05, 0.1) is 17.7 Å². The van der Waals surface area contributed by atoms with Crippen molar-refractivity contribution in [2.45, 2.75) is 117 Å². The van der Waals surface area contributed by atoms with Crippen LogP contribution in [0.2, 0.25) is 0 Å². The lowest BCUT2D eigenvalue weighted by atomic mass is 9.46. The third-order valence-corrected chi connectivity index (χ3v) is 11.9. The van der Waals surface area contributed by atoms with Crippen LogP contribution >= 0.6 is 0 Å². The van der Waals surface area contributed by atoms with Gasteiger partial charge in [0.2, 0.25) is 0 Å². The van der Waals surface area contributed by atoms with Crippen molar-refractivity contribution in [2.24, 2.45) is 45.6 Å². The molecule has 2 N–H and O–H groups in total. The maximum atomic E-state index is 12.7. The standard InChI is InChI=1S/C33H50N2O6/c1-20(36)25-8-9-26-24-7-6-22-16-23(10-13-32(22,4)27(24)11-14-33(25,26)5)35-41-19-29(37)34-28(17-30(38)39)21-12-15-40-31(2,3)18-21/h16,21,24-28H,6-15,17-19H2,1-5H3,(H,34,37)(H,38,39)/b35-23+/t21-,24-,25-,26+,27-,28+,32+,33-/m1/s1. The summed E-state index contributed by atoms with van der Waals surface area (Å²) < 4.78 is 5.78. The number of Topliss-reactive ketones (excluding diaryl/α,β-unsaturated/α-hetero) is 1. The minimum absolute atomic E-state index is 0.0382. The SMILES string of the molecule is CC(=O)[C@H]1CC[C@H]2[C@H]3CCC4=C/C(=N/OCC(=O)N[C@@H](CC(=O)O)[C@@H]5CCOC(C)(C)C5)CC[C@]4(C)[C@@H]3CC[C@]12C. The number of amides is 1. The van der Waals surface area contributed by atoms with Gasteiger partial charge in [-0.25, -0.2) is 0 Å². The molecule has 1 amide bonds. The molecule has 4 aliphatic carbocycles. The minimum Gasteiger partial charge on any atom is -0.481 e. The number of carbonyl (C=O) groups is 3. The van der Waals surface area contributed by atoms with Gasteiger partial charge in [-0.15, -0.1) is 0 Å². The van der Waals surface area contributed by atoms with Crippen LogP contribution in [0.3, 0.4) is 0 Å². The first-order valence-corrected chi connectivity index (χ1v) is 15.9. The van der Waals surface area contributed by atoms with Crippen molar-refractivity contribution in [3.8, 4) is 0 Å². The first-order chi connectivity index (χ1) is 19.3. The predicted octanol–water partition coefficient (Wildman–Crippen LogP) is 5.69. The summed E-state index contributed by atoms with van der Waals surface area (Å²) >= 11 is 0. The quantitative estimate of drug-likeness (QED) is 0.362. The van der Waals surface area contributed by atoms with Crippen LogP contribution in [0.1, 0.15) is 105 Å². The molecule has 8 heteroatoms. The Balaban J connectivity index is 1.19. The Hall–Kier alpha value is -2.22. The topological polar surface area (TPSA) is 114 Å². The highest BCUT2D eigenvalue weighted by molar-refractivity contribution is 5.96. The largest absolute Gasteiger partial charge is 0.481 e. The summed E-state index contributed by atoms with van der Waals surface area (Å²) in [4.78, 5) is 42.2. The molecule has 1 heterocycles. The average Bonchev–Trinajstić information content (AvgIpc) is 3.25. The highest BCUT2D eigenvalue weighted by atomic mass is 16.6. The molecule has 0 aromatic heterocycles. The summed E-state index contributed by atoms with van der Waals surface area (Å²) in [6.07, 6.45) is 12.2. The van der Waals surface area contributed by atoms with E-state index in [1.165, 1.54) is 24.8 Å². The zero-order valence-corrected chi connectivity index (χ0v) is 25.7. The second-order valence-electron chi connectivity index (χ2n) is 14.8. The zero-order valence-electron chi connectivity index (χ0n) is 25.7. The molecule has 1 aliphatic heterocycles. The van der Waals surface area contributed by atoms with Crippen molar-refractivity contribution in [1.82, 2.24) is 5.32 Å². The highest BCUT2D eigenvalue weighted by Gasteiger charge is 2.59. The van der Waals surface area contributed by atoms with E-state index in [-0.39, 0.29) is 47.2 Å². The molecule has 41 heavy (non-hydrogen) atoms. The Morgan fingerprint density at radius 2 is 1.85 bits per heavy atom. The lowest BCUT2D eigenvalue weighted by molar-refractivity contribution is -0.140. The number of nitrogens with one attached hydrogen (secondary N) is 1. The lowest BCUT2D eigenvalue weighted by Crippen LogP contribution is -2.51. The van der Waals surface area contributed by atoms with Crippen LogP contribution in [0.5, 0.6) is 0 Å². The molecule has 0 spiro atoms. The van der Waals surface area contributed by atoms with E-state index in [2.05, 4.69) is 30.4 Å². The van der Waals surface area contributed by atoms with E-state index in [1.807, 2.05) is 13.8 Å². The van der Waals surface area contributed by atoms with Crippen LogP contribution in [0.25, 0.3) is 0 Å². The molecule has 5 rings (SSSR count). The van der Waals surface area contributed by atoms with Crippen molar-refractivity contribution < 1.29 is 29.1 Å². The molecule has 1 saturated heterocycles. The van der Waals surface area contributed by atoms with Crippen LogP contribution in [-0.2, 0) is 24.0 Å². The van der Waals surface area contributed by atoms with Crippen LogP contribution < -0.4 is 5.32 Å². The average molecular weight is 571 g/mol. The van der Waals surface area contributed by atoms with Gasteiger partial charge < -0.3 is 20.0 Å². The Kier molecular flexibility index (Phi) is 8.45. The van der Waals surface area contributed by atoms with Crippen LogP contribution in [0, 0.1) is 40.4 Å². The molecule has 0 bridgehead atoms. The van der Waals surface area contributed by atoms with Crippen molar-refractivity contribution >= 4 is 23.4 Å². The van der Waals surface area contributed by atoms with E-state index in [1.54, 1.807) is 6.92 Å². The minimum atomic E-state index is -0.929. The maximum Gasteiger partial charge on any atom is 0.305 e. The molecular formula is C33H50N2O6. The van der Waals surface area contributed by atoms with Crippen molar-refractivity contribution in [3.05, 3.63) is 11.6 Å². The Morgan fingerprint density at radius 1 is 1.07 bits per heavy atom. The summed E-state index contributed by atoms with van der Waals surface area (Å²) in [5.41, 5.74) is 2.35. The molecule has 0 aromatic carbocycles. The van der Waals surface area contributed by atoms with Crippen LogP contribution in [0.4, 0.5) is 0 Å². The van der Waals surface area contributed by atoms with Gasteiger partial charge in [-0.1, -0.05) is 24.6 Å². The maximum absolute atomic E-state index is 12.7. The number of hydrogen-bond donors (Lipinski definition) is 2. The van der Waals surface area contributed by atoms with Crippen molar-refractivity contribution in [3.63, 3.8) is 0 Å². The van der Waals surface area contributed by atoms with E-state index in [4.69, 9.17) is 9.57 Å². The number of carbonyl (C=O) groups excluding carboxylic acids is 2. The summed E-state index contributed by atoms with van der Waals surface area (Å²) in [6.45, 7) is 11.0. The van der Waals surface area contributed by atoms with E-state index in [0.717, 1.165) is 44.2 Å². The number of aliphatic carboxylic acids is 1. The van der Waals surface area contributed by atoms with E-state index >= 15 is 0 Å². The third-order valence-electron chi connectivity index (χ3n) is 11.9. The summed E-state index contributed by atoms with van der Waals surface area (Å²) in [6, 6.07) is -0.463. The number of ether oxygens (including phenoxy) is 1. The highest BCUT2D eigenvalue weighted by Crippen LogP contribution is 2.66. The molecule has 0 unspecified atom stereocenters. The number of oxime groups is 1. The Bertz CT molecular complexity index is 1110. The zero-order chi connectivity index (χ0) is 29.6. The summed E-state index contributed by atoms with van der Waals surface area (Å²) in [7, 11) is 0. The fourth-order valence-electron chi connectivity index (χ4n) is 9.88. The number of carboxylic acid groups (broad SMARTS) is 1. The van der Waals surface area contributed by atoms with Crippen LogP contribution in [-0.4, -0.2) is 53.3 Å². The fraction of sp³-hybridized carbons (Fsp3) is 0.818. The smallest absolute Gasteiger partial charge is 0.305 e. The van der Waals surface area contributed by atoms with Gasteiger partial charge in [0.1, 0.15) is 5.78 Å². The third kappa shape index (κ3) is 6.00. The lowest BCUT2D eigenvalue weighted by Gasteiger charge is -2.58. The number of carboxylic acids is 1. The first kappa shape index (κ1) is 30.2. The van der Waals surface area contributed by atoms with Gasteiger partial charge >= 0.3 is 5.97 Å². The molecule has 3 saturated carbocycles. The molecule has 5 aliphatic rings. The fourth-order valence-corrected chi connectivity index (χ4v) is 9.88. The number of allylic oxidation sites excluding steroid dienone is 2. The molecular weight excluding hydrogens is 520 g/mol. The second kappa shape index (κ2) is 11.5. The van der Waals surface area contributed by atoms with Crippen molar-refractivity contribution in [2.75, 3.05) is 13.2 Å². The van der Waals surface area contributed by atoms with E-state index in [0.29, 0.717) is 36.6 Å². The molecule has 8 nitrogen and oxygen atoms in total. The first-order valence-electron chi connectivity index (χ1n) is 15.9. The van der Waals surface area contributed by atoms with Gasteiger partial charge in [0.15, 0.2) is 6.61 Å². The Morgan fingerprint density at radius 3 is 2.56 bits per heavy atom. The van der Waals surface area contributed by atoms with Crippen LogP contribution in [0.15, 0.2) is 16.8 Å². The monoisotopic (exact) mass is 570 g/mol. The summed E-state index contributed by atoms with van der Waals surface area (Å²) in [5.74, 6) is 1.39. The number of fused-ring (bicyclic) bond motifs is 5. The van der Waals surface area contributed by atoms with Crippen molar-refractivity contribution in [1.29, 1.82) is 0 Å². The molecule has 0 aromatic rings. The second-order valence-corrected chi connectivity index (χ2v) is 14.8. The number of nitrogens with zero attached hydrogens (tertiary/aromatic N) is 1. The summed E-state index contributed by atoms with van der Waals surface area (Å²) in [5, 5.41) is 16.7. The van der Waals surface area contributed by atoms with Gasteiger partial charge in [-0.2, -0.15) is 0 Å². The predicted molar refractivity (Wildman–Crippen MR) is 156 cm³/mol. The van der Waals surface area contributed by atoms with Gasteiger partial charge in [-0.05, 0) is 126 Å². The number of hydrogen-bond acceptors (Lipinski definition) is 6. The van der Waals surface area contributed by atoms with E-state index < -0.39 is 12.0 Å². The van der Waals surface area contributed by atoms with Gasteiger partial charge in [0, 0.05) is 18.6 Å². The number of ketones is 1. The normalized spacial score (nSPS) is 39.5. The molecule has 8 atom stereocenters. The van der Waals surface area contributed by atoms with Gasteiger partial charge in [-0.3, -0.25) is 14.4 Å². The number of rotatable bonds is 8. The molecule has 4 fully saturated rings. The molecule has 0 radical (unpaired) electrons. The van der Waals surface area contributed by atoms with E-state index in [9.17, 15) is 19.5 Å².